The van der Waals surface area contributed by atoms with Crippen molar-refractivity contribution in [3.05, 3.63) is 75.7 Å². The van der Waals surface area contributed by atoms with Gasteiger partial charge < -0.3 is 15.6 Å². The molecule has 0 spiro atoms. The molecule has 2 amide bonds. The second-order valence-electron chi connectivity index (χ2n) is 7.66. The average molecular weight is 445 g/mol. The molecule has 32 heavy (non-hydrogen) atoms. The Morgan fingerprint density at radius 1 is 1.06 bits per heavy atom. The van der Waals surface area contributed by atoms with Crippen LogP contribution in [0.3, 0.4) is 0 Å². The van der Waals surface area contributed by atoms with E-state index in [0.717, 1.165) is 6.07 Å². The summed E-state index contributed by atoms with van der Waals surface area (Å²) in [6, 6.07) is 9.23. The number of nitrogens with one attached hydrogen (secondary N) is 1. The molecule has 2 aromatic carbocycles. The van der Waals surface area contributed by atoms with Crippen LogP contribution in [0.25, 0.3) is 10.8 Å². The minimum atomic E-state index is -4.52. The predicted octanol–water partition coefficient (Wildman–Crippen LogP) is 4.12. The molecular formula is C23H22F3N3O3. The number of nitrogens with zero attached hydrogens (tertiary/aromatic N) is 1. The van der Waals surface area contributed by atoms with E-state index in [-0.39, 0.29) is 16.5 Å². The number of carbonyl (C=O) groups is 2. The van der Waals surface area contributed by atoms with E-state index in [1.54, 1.807) is 24.3 Å². The Balaban J connectivity index is 1.94. The highest BCUT2D eigenvalue weighted by atomic mass is 19.4. The highest BCUT2D eigenvalue weighted by Gasteiger charge is 2.33. The lowest BCUT2D eigenvalue weighted by atomic mass is 9.95. The van der Waals surface area contributed by atoms with Gasteiger partial charge in [-0.2, -0.15) is 13.2 Å². The second-order valence-corrected chi connectivity index (χ2v) is 7.66. The number of pyridine rings is 1. The summed E-state index contributed by atoms with van der Waals surface area (Å²) in [4.78, 5) is 37.0. The minimum Gasteiger partial charge on any atom is -0.368 e. The number of carbonyl (C=O) groups excluding carboxylic acids is 2. The first-order chi connectivity index (χ1) is 14.9. The zero-order valence-corrected chi connectivity index (χ0v) is 17.7. The van der Waals surface area contributed by atoms with Gasteiger partial charge in [0.25, 0.3) is 5.56 Å². The fourth-order valence-corrected chi connectivity index (χ4v) is 3.45. The summed E-state index contributed by atoms with van der Waals surface area (Å²) in [6.07, 6.45) is -3.11. The smallest absolute Gasteiger partial charge is 0.368 e. The van der Waals surface area contributed by atoms with Crippen LogP contribution in [0.4, 0.5) is 18.9 Å². The molecule has 0 saturated carbocycles. The van der Waals surface area contributed by atoms with Crippen LogP contribution >= 0.6 is 0 Å². The number of hydrogen-bond donors (Lipinski definition) is 2. The van der Waals surface area contributed by atoms with Crippen LogP contribution in [0.2, 0.25) is 0 Å². The molecule has 1 heterocycles. The highest BCUT2D eigenvalue weighted by molar-refractivity contribution is 6.04. The topological polar surface area (TPSA) is 94.2 Å². The molecule has 3 aromatic rings. The van der Waals surface area contributed by atoms with Crippen LogP contribution in [0, 0.1) is 6.92 Å². The zero-order valence-electron chi connectivity index (χ0n) is 17.7. The van der Waals surface area contributed by atoms with Gasteiger partial charge in [0.2, 0.25) is 11.8 Å². The molecule has 1 aromatic heterocycles. The third kappa shape index (κ3) is 4.37. The summed E-state index contributed by atoms with van der Waals surface area (Å²) < 4.78 is 40.9. The first kappa shape index (κ1) is 23.1. The van der Waals surface area contributed by atoms with Gasteiger partial charge in [0.1, 0.15) is 6.04 Å². The fourth-order valence-electron chi connectivity index (χ4n) is 3.45. The zero-order chi connectivity index (χ0) is 23.8. The van der Waals surface area contributed by atoms with Crippen LogP contribution in [0.1, 0.15) is 42.5 Å². The van der Waals surface area contributed by atoms with Crippen LogP contribution in [0.5, 0.6) is 0 Å². The molecular weight excluding hydrogens is 423 g/mol. The summed E-state index contributed by atoms with van der Waals surface area (Å²) in [5.74, 6) is -2.06. The number of fused-ring (bicyclic) bond motifs is 1. The van der Waals surface area contributed by atoms with Gasteiger partial charge in [-0.1, -0.05) is 18.2 Å². The van der Waals surface area contributed by atoms with Crippen molar-refractivity contribution in [2.75, 3.05) is 5.32 Å². The molecule has 0 bridgehead atoms. The predicted molar refractivity (Wildman–Crippen MR) is 115 cm³/mol. The largest absolute Gasteiger partial charge is 0.416 e. The molecule has 0 radical (unpaired) electrons. The number of hydrogen-bond acceptors (Lipinski definition) is 3. The molecule has 0 saturated heterocycles. The number of anilines is 1. The Morgan fingerprint density at radius 3 is 2.38 bits per heavy atom. The first-order valence-electron chi connectivity index (χ1n) is 9.83. The Morgan fingerprint density at radius 2 is 1.75 bits per heavy atom. The Labute approximate surface area is 181 Å². The molecule has 6 nitrogen and oxygen atoms in total. The molecule has 3 N–H and O–H groups in total. The average Bonchev–Trinajstić information content (AvgIpc) is 2.73. The van der Waals surface area contributed by atoms with Gasteiger partial charge in [0.05, 0.1) is 11.5 Å². The van der Waals surface area contributed by atoms with Crippen molar-refractivity contribution in [1.82, 2.24) is 4.57 Å². The van der Waals surface area contributed by atoms with E-state index in [1.165, 1.54) is 43.7 Å². The number of aryl methyl sites for hydroxylation is 1. The summed E-state index contributed by atoms with van der Waals surface area (Å²) in [6.45, 7) is 4.37. The quantitative estimate of drug-likeness (QED) is 0.619. The van der Waals surface area contributed by atoms with Crippen molar-refractivity contribution in [3.8, 4) is 0 Å². The molecule has 3 rings (SSSR count). The van der Waals surface area contributed by atoms with Crippen molar-refractivity contribution in [2.45, 2.75) is 38.9 Å². The van der Waals surface area contributed by atoms with E-state index in [2.05, 4.69) is 5.32 Å². The van der Waals surface area contributed by atoms with Gasteiger partial charge in [-0.3, -0.25) is 14.4 Å². The maximum Gasteiger partial charge on any atom is 0.416 e. The lowest BCUT2D eigenvalue weighted by Gasteiger charge is -2.18. The number of nitrogens with two attached hydrogens (primary N) is 1. The standard InChI is InChI=1S/C23H22F3N3O3/c1-12-7-8-15(11-18(12)23(24,25)26)13(2)21(31)28-19-6-4-5-17-16(19)9-10-29(22(17)32)14(3)20(27)30/h4-11,13-14H,1-3H3,(H2,27,30)(H,28,31)/t13?,14-/m1/s1. The van der Waals surface area contributed by atoms with Crippen LogP contribution in [-0.4, -0.2) is 16.4 Å². The van der Waals surface area contributed by atoms with E-state index in [4.69, 9.17) is 5.73 Å². The lowest BCUT2D eigenvalue weighted by molar-refractivity contribution is -0.138. The summed E-state index contributed by atoms with van der Waals surface area (Å²) >= 11 is 0. The van der Waals surface area contributed by atoms with Crippen molar-refractivity contribution >= 4 is 28.3 Å². The molecule has 0 fully saturated rings. The maximum absolute atomic E-state index is 13.2. The third-order valence-electron chi connectivity index (χ3n) is 5.52. The van der Waals surface area contributed by atoms with Gasteiger partial charge in [-0.15, -0.1) is 0 Å². The summed E-state index contributed by atoms with van der Waals surface area (Å²) in [5, 5.41) is 3.40. The molecule has 0 aliphatic rings. The van der Waals surface area contributed by atoms with Gasteiger partial charge in [0, 0.05) is 22.7 Å². The Bertz CT molecular complexity index is 1260. The van der Waals surface area contributed by atoms with Crippen molar-refractivity contribution in [2.24, 2.45) is 5.73 Å². The molecule has 1 unspecified atom stereocenters. The molecule has 0 aliphatic carbocycles. The highest BCUT2D eigenvalue weighted by Crippen LogP contribution is 2.34. The van der Waals surface area contributed by atoms with Gasteiger partial charge in [0.15, 0.2) is 0 Å². The Hall–Kier alpha value is -3.62. The maximum atomic E-state index is 13.2. The fraction of sp³-hybridized carbons (Fsp3) is 0.261. The number of rotatable bonds is 5. The molecule has 0 aliphatic heterocycles. The first-order valence-corrected chi connectivity index (χ1v) is 9.83. The van der Waals surface area contributed by atoms with Crippen LogP contribution in [0.15, 0.2) is 53.5 Å². The van der Waals surface area contributed by atoms with Gasteiger partial charge in [-0.05, 0) is 56.2 Å². The van der Waals surface area contributed by atoms with E-state index in [1.807, 2.05) is 0 Å². The van der Waals surface area contributed by atoms with E-state index in [0.29, 0.717) is 11.1 Å². The van der Waals surface area contributed by atoms with Crippen LogP contribution < -0.4 is 16.6 Å². The number of halogens is 3. The number of aromatic nitrogens is 1. The van der Waals surface area contributed by atoms with Gasteiger partial charge >= 0.3 is 6.18 Å². The van der Waals surface area contributed by atoms with Gasteiger partial charge in [-0.25, -0.2) is 0 Å². The normalized spacial score (nSPS) is 13.6. The number of benzene rings is 2. The summed E-state index contributed by atoms with van der Waals surface area (Å²) in [5.41, 5.74) is 4.67. The van der Waals surface area contributed by atoms with Crippen molar-refractivity contribution in [3.63, 3.8) is 0 Å². The van der Waals surface area contributed by atoms with Crippen molar-refractivity contribution < 1.29 is 22.8 Å². The number of primary amides is 1. The van der Waals surface area contributed by atoms with E-state index in [9.17, 15) is 27.6 Å². The van der Waals surface area contributed by atoms with E-state index >= 15 is 0 Å². The monoisotopic (exact) mass is 445 g/mol. The lowest BCUT2D eigenvalue weighted by Crippen LogP contribution is -2.31. The van der Waals surface area contributed by atoms with E-state index < -0.39 is 41.1 Å². The third-order valence-corrected chi connectivity index (χ3v) is 5.52. The molecule has 2 atom stereocenters. The summed E-state index contributed by atoms with van der Waals surface area (Å²) in [7, 11) is 0. The van der Waals surface area contributed by atoms with Crippen molar-refractivity contribution in [1.29, 1.82) is 0 Å². The second kappa shape index (κ2) is 8.49. The number of alkyl halides is 3. The Kier molecular flexibility index (Phi) is 6.11. The molecule has 168 valence electrons. The molecule has 9 heteroatoms. The SMILES string of the molecule is Cc1ccc(C(C)C(=O)Nc2cccc3c(=O)n([C@H](C)C(N)=O)ccc23)cc1C(F)(F)F. The van der Waals surface area contributed by atoms with Crippen LogP contribution in [-0.2, 0) is 15.8 Å². The number of amides is 2. The minimum absolute atomic E-state index is 0.0735.